The van der Waals surface area contributed by atoms with E-state index >= 15 is 0 Å². The van der Waals surface area contributed by atoms with Gasteiger partial charge in [-0.05, 0) is 43.0 Å². The van der Waals surface area contributed by atoms with Crippen LogP contribution in [0.15, 0.2) is 12.1 Å². The Morgan fingerprint density at radius 1 is 1.25 bits per heavy atom. The highest BCUT2D eigenvalue weighted by Crippen LogP contribution is 2.18. The van der Waals surface area contributed by atoms with Crippen LogP contribution < -0.4 is 0 Å². The van der Waals surface area contributed by atoms with E-state index in [0.29, 0.717) is 6.54 Å². The van der Waals surface area contributed by atoms with Crippen LogP contribution in [0.1, 0.15) is 22.3 Å². The maximum atomic E-state index is 11.4. The summed E-state index contributed by atoms with van der Waals surface area (Å²) >= 11 is 3.99. The molecule has 16 heavy (non-hydrogen) atoms. The van der Waals surface area contributed by atoms with E-state index in [-0.39, 0.29) is 11.7 Å². The van der Waals surface area contributed by atoms with Crippen LogP contribution in [0.3, 0.4) is 0 Å². The number of carbonyl (C=O) groups is 1. The number of carbonyl (C=O) groups excluding carboxylic acids is 1. The first-order valence-electron chi connectivity index (χ1n) is 5.38. The molecule has 0 N–H and O–H groups in total. The van der Waals surface area contributed by atoms with Gasteiger partial charge >= 0.3 is 0 Å². The average Bonchev–Trinajstić information content (AvgIpc) is 2.28. The van der Waals surface area contributed by atoms with Crippen LogP contribution in [0.4, 0.5) is 0 Å². The van der Waals surface area contributed by atoms with Crippen molar-refractivity contribution in [2.45, 2.75) is 27.3 Å². The Morgan fingerprint density at radius 2 is 1.88 bits per heavy atom. The number of hydrogen-bond acceptors (Lipinski definition) is 2. The third-order valence-electron chi connectivity index (χ3n) is 3.14. The molecule has 0 radical (unpaired) electrons. The molecule has 0 heterocycles. The second-order valence-corrected chi connectivity index (χ2v) is 4.52. The van der Waals surface area contributed by atoms with Gasteiger partial charge in [0.15, 0.2) is 0 Å². The van der Waals surface area contributed by atoms with Crippen molar-refractivity contribution in [2.75, 3.05) is 12.8 Å². The smallest absolute Gasteiger partial charge is 0.232 e. The summed E-state index contributed by atoms with van der Waals surface area (Å²) in [5, 5.41) is 0. The SMILES string of the molecule is Cc1ccc(CN(C)C(=O)CS)c(C)c1C. The zero-order valence-electron chi connectivity index (χ0n) is 10.4. The van der Waals surface area contributed by atoms with Crippen molar-refractivity contribution in [3.63, 3.8) is 0 Å². The van der Waals surface area contributed by atoms with Gasteiger partial charge in [-0.3, -0.25) is 4.79 Å². The zero-order chi connectivity index (χ0) is 12.3. The van der Waals surface area contributed by atoms with E-state index in [4.69, 9.17) is 0 Å². The molecule has 1 rings (SSSR count). The molecule has 0 saturated heterocycles. The second-order valence-electron chi connectivity index (χ2n) is 4.20. The van der Waals surface area contributed by atoms with Crippen LogP contribution in [0.5, 0.6) is 0 Å². The molecule has 0 spiro atoms. The molecule has 0 aliphatic carbocycles. The maximum absolute atomic E-state index is 11.4. The molecule has 88 valence electrons. The fourth-order valence-corrected chi connectivity index (χ4v) is 1.89. The molecule has 0 bridgehead atoms. The highest BCUT2D eigenvalue weighted by Gasteiger charge is 2.10. The Kier molecular flexibility index (Phi) is 4.42. The van der Waals surface area contributed by atoms with E-state index in [1.54, 1.807) is 4.90 Å². The highest BCUT2D eigenvalue weighted by molar-refractivity contribution is 7.81. The summed E-state index contributed by atoms with van der Waals surface area (Å²) in [6.45, 7) is 6.99. The van der Waals surface area contributed by atoms with E-state index in [9.17, 15) is 4.79 Å². The minimum absolute atomic E-state index is 0.0564. The first-order chi connectivity index (χ1) is 7.47. The van der Waals surface area contributed by atoms with Crippen LogP contribution in [-0.2, 0) is 11.3 Å². The molecule has 0 unspecified atom stereocenters. The topological polar surface area (TPSA) is 20.3 Å². The Hall–Kier alpha value is -0.960. The lowest BCUT2D eigenvalue weighted by atomic mass is 9.98. The fourth-order valence-electron chi connectivity index (χ4n) is 1.65. The van der Waals surface area contributed by atoms with Crippen molar-refractivity contribution in [1.82, 2.24) is 4.90 Å². The summed E-state index contributed by atoms with van der Waals surface area (Å²) in [5.41, 5.74) is 5.09. The lowest BCUT2D eigenvalue weighted by Gasteiger charge is -2.19. The highest BCUT2D eigenvalue weighted by atomic mass is 32.1. The number of thiol groups is 1. The standard InChI is InChI=1S/C13H19NOS/c1-9-5-6-12(11(3)10(9)2)7-14(4)13(15)8-16/h5-6,16H,7-8H2,1-4H3. The van der Waals surface area contributed by atoms with Crippen LogP contribution in [-0.4, -0.2) is 23.6 Å². The summed E-state index contributed by atoms with van der Waals surface area (Å²) in [6.07, 6.45) is 0. The number of benzene rings is 1. The van der Waals surface area contributed by atoms with Crippen molar-refractivity contribution in [3.05, 3.63) is 34.4 Å². The molecule has 0 saturated carbocycles. The van der Waals surface area contributed by atoms with Crippen molar-refractivity contribution in [2.24, 2.45) is 0 Å². The van der Waals surface area contributed by atoms with Gasteiger partial charge in [-0.2, -0.15) is 12.6 Å². The van der Waals surface area contributed by atoms with Gasteiger partial charge in [-0.15, -0.1) is 0 Å². The van der Waals surface area contributed by atoms with E-state index in [2.05, 4.69) is 45.5 Å². The number of amides is 1. The fraction of sp³-hybridized carbons (Fsp3) is 0.462. The Bertz CT molecular complexity index is 401. The van der Waals surface area contributed by atoms with Crippen LogP contribution in [0.25, 0.3) is 0 Å². The van der Waals surface area contributed by atoms with Gasteiger partial charge < -0.3 is 4.90 Å². The predicted molar refractivity (Wildman–Crippen MR) is 71.0 cm³/mol. The van der Waals surface area contributed by atoms with Crippen molar-refractivity contribution >= 4 is 18.5 Å². The van der Waals surface area contributed by atoms with Gasteiger partial charge in [-0.25, -0.2) is 0 Å². The normalized spacial score (nSPS) is 10.3. The predicted octanol–water partition coefficient (Wildman–Crippen LogP) is 2.50. The number of hydrogen-bond donors (Lipinski definition) is 1. The summed E-state index contributed by atoms with van der Waals surface area (Å²) in [4.78, 5) is 13.1. The monoisotopic (exact) mass is 237 g/mol. The molecule has 1 aromatic rings. The summed E-state index contributed by atoms with van der Waals surface area (Å²) in [5.74, 6) is 0.321. The molecule has 0 aliphatic heterocycles. The number of aryl methyl sites for hydroxylation is 1. The molecular weight excluding hydrogens is 218 g/mol. The maximum Gasteiger partial charge on any atom is 0.232 e. The molecule has 1 amide bonds. The molecule has 2 nitrogen and oxygen atoms in total. The van der Waals surface area contributed by atoms with Crippen molar-refractivity contribution in [1.29, 1.82) is 0 Å². The lowest BCUT2D eigenvalue weighted by molar-refractivity contribution is -0.127. The Balaban J connectivity index is 2.90. The molecule has 0 aliphatic rings. The Labute approximate surface area is 103 Å². The quantitative estimate of drug-likeness (QED) is 0.801. The third kappa shape index (κ3) is 2.79. The largest absolute Gasteiger partial charge is 0.341 e. The molecule has 0 atom stereocenters. The first kappa shape index (κ1) is 13.1. The molecule has 0 fully saturated rings. The summed E-state index contributed by atoms with van der Waals surface area (Å²) < 4.78 is 0. The molecule has 3 heteroatoms. The van der Waals surface area contributed by atoms with Crippen molar-refractivity contribution < 1.29 is 4.79 Å². The van der Waals surface area contributed by atoms with Crippen LogP contribution >= 0.6 is 12.6 Å². The average molecular weight is 237 g/mol. The number of rotatable bonds is 3. The number of nitrogens with zero attached hydrogens (tertiary/aromatic N) is 1. The molecule has 0 aromatic heterocycles. The third-order valence-corrected chi connectivity index (χ3v) is 3.41. The molecular formula is C13H19NOS. The van der Waals surface area contributed by atoms with Gasteiger partial charge in [0, 0.05) is 13.6 Å². The minimum Gasteiger partial charge on any atom is -0.341 e. The summed E-state index contributed by atoms with van der Waals surface area (Å²) in [7, 11) is 1.81. The van der Waals surface area contributed by atoms with Crippen molar-refractivity contribution in [3.8, 4) is 0 Å². The van der Waals surface area contributed by atoms with Crippen LogP contribution in [0, 0.1) is 20.8 Å². The minimum atomic E-state index is 0.0564. The van der Waals surface area contributed by atoms with E-state index < -0.39 is 0 Å². The second kappa shape index (κ2) is 5.39. The van der Waals surface area contributed by atoms with Gasteiger partial charge in [0.2, 0.25) is 5.91 Å². The first-order valence-corrected chi connectivity index (χ1v) is 6.01. The summed E-state index contributed by atoms with van der Waals surface area (Å²) in [6, 6.07) is 4.21. The van der Waals surface area contributed by atoms with Crippen LogP contribution in [0.2, 0.25) is 0 Å². The Morgan fingerprint density at radius 3 is 2.44 bits per heavy atom. The molecule has 1 aromatic carbocycles. The van der Waals surface area contributed by atoms with E-state index in [1.165, 1.54) is 22.3 Å². The van der Waals surface area contributed by atoms with Gasteiger partial charge in [0.1, 0.15) is 0 Å². The van der Waals surface area contributed by atoms with E-state index in [0.717, 1.165) is 0 Å². The lowest BCUT2D eigenvalue weighted by Crippen LogP contribution is -2.27. The van der Waals surface area contributed by atoms with E-state index in [1.807, 2.05) is 7.05 Å². The van der Waals surface area contributed by atoms with Gasteiger partial charge in [0.05, 0.1) is 5.75 Å². The van der Waals surface area contributed by atoms with Gasteiger partial charge in [0.25, 0.3) is 0 Å². The van der Waals surface area contributed by atoms with Gasteiger partial charge in [-0.1, -0.05) is 12.1 Å². The zero-order valence-corrected chi connectivity index (χ0v) is 11.3.